The summed E-state index contributed by atoms with van der Waals surface area (Å²) in [5.41, 5.74) is 0.923. The molecule has 0 N–H and O–H groups in total. The first kappa shape index (κ1) is 7.98. The van der Waals surface area contributed by atoms with Gasteiger partial charge in [0.1, 0.15) is 18.9 Å². The quantitative estimate of drug-likeness (QED) is 0.630. The molecule has 2 rings (SSSR count). The van der Waals surface area contributed by atoms with Crippen molar-refractivity contribution in [2.24, 2.45) is 4.99 Å². The second-order valence-electron chi connectivity index (χ2n) is 2.81. The summed E-state index contributed by atoms with van der Waals surface area (Å²) < 4.78 is 5.26. The van der Waals surface area contributed by atoms with Gasteiger partial charge in [-0.05, 0) is 12.1 Å². The lowest BCUT2D eigenvalue weighted by Gasteiger charge is -1.98. The molecule has 0 radical (unpaired) electrons. The predicted octanol–water partition coefficient (Wildman–Crippen LogP) is 1.03. The molecule has 0 amide bonds. The van der Waals surface area contributed by atoms with Crippen molar-refractivity contribution in [3.8, 4) is 0 Å². The summed E-state index contributed by atoms with van der Waals surface area (Å²) in [4.78, 5) is 14.5. The largest absolute Gasteiger partial charge is 0.475 e. The van der Waals surface area contributed by atoms with E-state index in [2.05, 4.69) is 4.99 Å². The second kappa shape index (κ2) is 3.39. The highest BCUT2D eigenvalue weighted by molar-refractivity contribution is 5.96. The third-order valence-corrected chi connectivity index (χ3v) is 1.85. The van der Waals surface area contributed by atoms with Crippen molar-refractivity contribution >= 4 is 12.2 Å². The fourth-order valence-electron chi connectivity index (χ4n) is 1.20. The Bertz CT molecular complexity index is 332. The van der Waals surface area contributed by atoms with E-state index in [-0.39, 0.29) is 6.04 Å². The number of hydrogen-bond acceptors (Lipinski definition) is 3. The highest BCUT2D eigenvalue weighted by Gasteiger charge is 2.18. The zero-order valence-corrected chi connectivity index (χ0v) is 7.01. The molecule has 0 saturated heterocycles. The van der Waals surface area contributed by atoms with Crippen molar-refractivity contribution in [2.45, 2.75) is 6.04 Å². The number of aliphatic imine (C=N–C) groups is 1. The predicted molar refractivity (Wildman–Crippen MR) is 48.8 cm³/mol. The van der Waals surface area contributed by atoms with Gasteiger partial charge in [0.05, 0.1) is 0 Å². The number of nitrogens with zero attached hydrogens (tertiary/aromatic N) is 1. The van der Waals surface area contributed by atoms with Gasteiger partial charge in [0.15, 0.2) is 0 Å². The van der Waals surface area contributed by atoms with Crippen molar-refractivity contribution in [3.63, 3.8) is 0 Å². The molecule has 0 aliphatic carbocycles. The first-order valence-electron chi connectivity index (χ1n) is 4.11. The van der Waals surface area contributed by atoms with Gasteiger partial charge in [-0.1, -0.05) is 18.2 Å². The molecule has 1 heterocycles. The summed E-state index contributed by atoms with van der Waals surface area (Å²) >= 11 is 0. The van der Waals surface area contributed by atoms with Crippen LogP contribution in [0.2, 0.25) is 0 Å². The first-order chi connectivity index (χ1) is 6.40. The van der Waals surface area contributed by atoms with Crippen LogP contribution in [-0.4, -0.2) is 24.8 Å². The van der Waals surface area contributed by atoms with Crippen LogP contribution in [0.1, 0.15) is 5.56 Å². The van der Waals surface area contributed by atoms with E-state index in [9.17, 15) is 4.79 Å². The lowest BCUT2D eigenvalue weighted by molar-refractivity contribution is -0.109. The Kier molecular flexibility index (Phi) is 2.08. The molecule has 0 aromatic heterocycles. The van der Waals surface area contributed by atoms with Crippen LogP contribution in [0.15, 0.2) is 35.3 Å². The van der Waals surface area contributed by atoms with E-state index >= 15 is 0 Å². The lowest BCUT2D eigenvalue weighted by Crippen LogP contribution is -2.06. The number of hydrogen-bond donors (Lipinski definition) is 0. The van der Waals surface area contributed by atoms with Crippen LogP contribution in [0.25, 0.3) is 0 Å². The molecule has 0 saturated carbocycles. The van der Waals surface area contributed by atoms with Gasteiger partial charge in [0.2, 0.25) is 5.90 Å². The molecule has 0 bridgehead atoms. The number of ether oxygens (including phenoxy) is 1. The molecule has 13 heavy (non-hydrogen) atoms. The van der Waals surface area contributed by atoms with Crippen LogP contribution in [0, 0.1) is 0 Å². The zero-order valence-electron chi connectivity index (χ0n) is 7.01. The Morgan fingerprint density at radius 1 is 1.38 bits per heavy atom. The first-order valence-corrected chi connectivity index (χ1v) is 4.11. The lowest BCUT2D eigenvalue weighted by atomic mass is 10.2. The van der Waals surface area contributed by atoms with E-state index in [1.807, 2.05) is 30.3 Å². The Morgan fingerprint density at radius 3 is 2.77 bits per heavy atom. The zero-order chi connectivity index (χ0) is 9.10. The molecule has 3 nitrogen and oxygen atoms in total. The average molecular weight is 175 g/mol. The molecule has 1 aromatic carbocycles. The minimum Gasteiger partial charge on any atom is -0.475 e. The van der Waals surface area contributed by atoms with Gasteiger partial charge in [-0.2, -0.15) is 0 Å². The van der Waals surface area contributed by atoms with Crippen molar-refractivity contribution in [3.05, 3.63) is 35.9 Å². The second-order valence-corrected chi connectivity index (χ2v) is 2.81. The Morgan fingerprint density at radius 2 is 2.15 bits per heavy atom. The van der Waals surface area contributed by atoms with Crippen LogP contribution in [-0.2, 0) is 9.53 Å². The molecule has 1 aliphatic rings. The summed E-state index contributed by atoms with van der Waals surface area (Å²) in [7, 11) is 0. The number of benzene rings is 1. The number of carbonyl (C=O) groups excluding carboxylic acids is 1. The van der Waals surface area contributed by atoms with Gasteiger partial charge < -0.3 is 9.53 Å². The number of aldehydes is 1. The van der Waals surface area contributed by atoms with Crippen molar-refractivity contribution in [2.75, 3.05) is 6.61 Å². The molecule has 66 valence electrons. The standard InChI is InChI=1S/C10H9NO2/c12-6-9-7-13-10(11-9)8-4-2-1-3-5-8/h1-6,9H,7H2/t9-/m1/s1. The van der Waals surface area contributed by atoms with Gasteiger partial charge >= 0.3 is 0 Å². The van der Waals surface area contributed by atoms with E-state index in [1.165, 1.54) is 0 Å². The molecule has 0 unspecified atom stereocenters. The fourth-order valence-corrected chi connectivity index (χ4v) is 1.20. The van der Waals surface area contributed by atoms with Gasteiger partial charge in [0, 0.05) is 5.56 Å². The molecular formula is C10H9NO2. The maximum Gasteiger partial charge on any atom is 0.216 e. The van der Waals surface area contributed by atoms with Gasteiger partial charge in [-0.3, -0.25) is 0 Å². The molecular weight excluding hydrogens is 166 g/mol. The Hall–Kier alpha value is -1.64. The van der Waals surface area contributed by atoms with Gasteiger partial charge in [0.25, 0.3) is 0 Å². The normalized spacial score (nSPS) is 20.6. The Balaban J connectivity index is 2.24. The summed E-state index contributed by atoms with van der Waals surface area (Å²) in [6.45, 7) is 0.369. The molecule has 1 atom stereocenters. The van der Waals surface area contributed by atoms with E-state index in [1.54, 1.807) is 0 Å². The maximum atomic E-state index is 10.4. The van der Waals surface area contributed by atoms with E-state index in [0.717, 1.165) is 11.8 Å². The van der Waals surface area contributed by atoms with E-state index in [0.29, 0.717) is 12.5 Å². The summed E-state index contributed by atoms with van der Waals surface area (Å²) in [5.74, 6) is 0.567. The molecule has 3 heteroatoms. The molecule has 0 spiro atoms. The molecule has 0 fully saturated rings. The van der Waals surface area contributed by atoms with E-state index < -0.39 is 0 Å². The number of carbonyl (C=O) groups is 1. The average Bonchev–Trinajstić information content (AvgIpc) is 2.67. The summed E-state index contributed by atoms with van der Waals surface area (Å²) in [5, 5.41) is 0. The van der Waals surface area contributed by atoms with Crippen molar-refractivity contribution in [1.29, 1.82) is 0 Å². The summed E-state index contributed by atoms with van der Waals surface area (Å²) in [6.07, 6.45) is 0.802. The van der Waals surface area contributed by atoms with Gasteiger partial charge in [-0.15, -0.1) is 0 Å². The minimum absolute atomic E-state index is 0.324. The maximum absolute atomic E-state index is 10.4. The molecule has 1 aliphatic heterocycles. The molecule has 1 aromatic rings. The summed E-state index contributed by atoms with van der Waals surface area (Å²) in [6, 6.07) is 9.24. The third kappa shape index (κ3) is 1.59. The van der Waals surface area contributed by atoms with Crippen molar-refractivity contribution in [1.82, 2.24) is 0 Å². The van der Waals surface area contributed by atoms with Crippen LogP contribution in [0.3, 0.4) is 0 Å². The minimum atomic E-state index is -0.324. The Labute approximate surface area is 76.1 Å². The van der Waals surface area contributed by atoms with Crippen LogP contribution in [0.4, 0.5) is 0 Å². The highest BCUT2D eigenvalue weighted by atomic mass is 16.5. The third-order valence-electron chi connectivity index (χ3n) is 1.85. The topological polar surface area (TPSA) is 38.7 Å². The van der Waals surface area contributed by atoms with Crippen LogP contribution < -0.4 is 0 Å². The van der Waals surface area contributed by atoms with Crippen molar-refractivity contribution < 1.29 is 9.53 Å². The smallest absolute Gasteiger partial charge is 0.216 e. The highest BCUT2D eigenvalue weighted by Crippen LogP contribution is 2.10. The van der Waals surface area contributed by atoms with Crippen LogP contribution >= 0.6 is 0 Å². The monoisotopic (exact) mass is 175 g/mol. The van der Waals surface area contributed by atoms with E-state index in [4.69, 9.17) is 4.74 Å². The van der Waals surface area contributed by atoms with Crippen LogP contribution in [0.5, 0.6) is 0 Å². The fraction of sp³-hybridized carbons (Fsp3) is 0.200. The number of rotatable bonds is 2. The van der Waals surface area contributed by atoms with Gasteiger partial charge in [-0.25, -0.2) is 4.99 Å². The SMILES string of the molecule is O=C[C@@H]1COC(c2ccccc2)=N1.